The quantitative estimate of drug-likeness (QED) is 0.826. The largest absolute Gasteiger partial charge is 0.382 e. The third kappa shape index (κ3) is 2.58. The van der Waals surface area contributed by atoms with Crippen LogP contribution in [0, 0.1) is 20.8 Å². The molecule has 1 aromatic carbocycles. The first-order valence-electron chi connectivity index (χ1n) is 5.24. The number of rotatable bonds is 3. The van der Waals surface area contributed by atoms with E-state index in [1.54, 1.807) is 7.11 Å². The SMILES string of the molecule is COCC(C)(N)c1cc(C)c(C)cc1C. The standard InChI is InChI=1S/C13H21NO/c1-9-6-11(3)12(7-10(9)2)13(4,14)8-15-5/h6-7H,8,14H2,1-5H3. The van der Waals surface area contributed by atoms with Crippen LogP contribution in [0.15, 0.2) is 12.1 Å². The molecule has 1 atom stereocenters. The van der Waals surface area contributed by atoms with Gasteiger partial charge < -0.3 is 10.5 Å². The lowest BCUT2D eigenvalue weighted by molar-refractivity contribution is 0.140. The lowest BCUT2D eigenvalue weighted by Crippen LogP contribution is -2.38. The third-order valence-corrected chi connectivity index (χ3v) is 2.90. The van der Waals surface area contributed by atoms with Crippen molar-refractivity contribution in [1.82, 2.24) is 0 Å². The Morgan fingerprint density at radius 2 is 1.67 bits per heavy atom. The van der Waals surface area contributed by atoms with Crippen LogP contribution in [-0.2, 0) is 10.3 Å². The molecule has 0 spiro atoms. The highest BCUT2D eigenvalue weighted by atomic mass is 16.5. The second-order valence-electron chi connectivity index (χ2n) is 4.60. The second kappa shape index (κ2) is 4.33. The maximum absolute atomic E-state index is 6.24. The molecule has 2 nitrogen and oxygen atoms in total. The van der Waals surface area contributed by atoms with Gasteiger partial charge in [0.25, 0.3) is 0 Å². The Morgan fingerprint density at radius 3 is 2.20 bits per heavy atom. The smallest absolute Gasteiger partial charge is 0.0681 e. The summed E-state index contributed by atoms with van der Waals surface area (Å²) in [5.74, 6) is 0. The summed E-state index contributed by atoms with van der Waals surface area (Å²) < 4.78 is 5.16. The fraction of sp³-hybridized carbons (Fsp3) is 0.538. The van der Waals surface area contributed by atoms with E-state index in [1.165, 1.54) is 22.3 Å². The molecule has 0 aromatic heterocycles. The molecule has 15 heavy (non-hydrogen) atoms. The number of hydrogen-bond donors (Lipinski definition) is 1. The van der Waals surface area contributed by atoms with Gasteiger partial charge in [0.2, 0.25) is 0 Å². The number of benzene rings is 1. The molecule has 0 saturated carbocycles. The van der Waals surface area contributed by atoms with Gasteiger partial charge in [0, 0.05) is 7.11 Å². The molecule has 0 aliphatic heterocycles. The van der Waals surface area contributed by atoms with Crippen molar-refractivity contribution in [1.29, 1.82) is 0 Å². The zero-order valence-corrected chi connectivity index (χ0v) is 10.3. The van der Waals surface area contributed by atoms with E-state index in [0.717, 1.165) is 0 Å². The van der Waals surface area contributed by atoms with Gasteiger partial charge in [0.1, 0.15) is 0 Å². The van der Waals surface area contributed by atoms with E-state index in [0.29, 0.717) is 6.61 Å². The molecule has 1 rings (SSSR count). The Bertz CT molecular complexity index is 356. The minimum absolute atomic E-state index is 0.405. The van der Waals surface area contributed by atoms with Gasteiger partial charge in [-0.15, -0.1) is 0 Å². The van der Waals surface area contributed by atoms with Gasteiger partial charge in [0.05, 0.1) is 12.1 Å². The molecule has 0 saturated heterocycles. The molecule has 0 aliphatic carbocycles. The molecular weight excluding hydrogens is 186 g/mol. The highest BCUT2D eigenvalue weighted by Crippen LogP contribution is 2.24. The van der Waals surface area contributed by atoms with E-state index in [9.17, 15) is 0 Å². The van der Waals surface area contributed by atoms with Crippen LogP contribution in [0.2, 0.25) is 0 Å². The highest BCUT2D eigenvalue weighted by Gasteiger charge is 2.23. The zero-order valence-electron chi connectivity index (χ0n) is 10.3. The second-order valence-corrected chi connectivity index (χ2v) is 4.60. The summed E-state index contributed by atoms with van der Waals surface area (Å²) in [7, 11) is 1.68. The predicted octanol–water partition coefficient (Wildman–Crippen LogP) is 2.43. The summed E-state index contributed by atoms with van der Waals surface area (Å²) in [5, 5.41) is 0. The zero-order chi connectivity index (χ0) is 11.6. The first kappa shape index (κ1) is 12.2. The monoisotopic (exact) mass is 207 g/mol. The summed E-state index contributed by atoms with van der Waals surface area (Å²) in [4.78, 5) is 0. The predicted molar refractivity (Wildman–Crippen MR) is 64.1 cm³/mol. The summed E-state index contributed by atoms with van der Waals surface area (Å²) in [6.45, 7) is 8.88. The van der Waals surface area contributed by atoms with Gasteiger partial charge >= 0.3 is 0 Å². The molecule has 2 heteroatoms. The molecule has 2 N–H and O–H groups in total. The van der Waals surface area contributed by atoms with Crippen LogP contribution >= 0.6 is 0 Å². The Morgan fingerprint density at radius 1 is 1.13 bits per heavy atom. The van der Waals surface area contributed by atoms with E-state index in [4.69, 9.17) is 10.5 Å². The van der Waals surface area contributed by atoms with Crippen LogP contribution in [0.5, 0.6) is 0 Å². The van der Waals surface area contributed by atoms with Gasteiger partial charge in [-0.2, -0.15) is 0 Å². The van der Waals surface area contributed by atoms with Crippen LogP contribution < -0.4 is 5.73 Å². The normalized spacial score (nSPS) is 15.1. The van der Waals surface area contributed by atoms with Crippen LogP contribution in [0.25, 0.3) is 0 Å². The van der Waals surface area contributed by atoms with E-state index < -0.39 is 5.54 Å². The molecule has 84 valence electrons. The first-order valence-corrected chi connectivity index (χ1v) is 5.24. The van der Waals surface area contributed by atoms with Crippen molar-refractivity contribution in [2.24, 2.45) is 5.73 Å². The van der Waals surface area contributed by atoms with Gasteiger partial charge in [-0.05, 0) is 49.9 Å². The summed E-state index contributed by atoms with van der Waals surface area (Å²) in [5.41, 5.74) is 10.8. The molecule has 0 heterocycles. The molecule has 0 bridgehead atoms. The van der Waals surface area contributed by atoms with E-state index in [2.05, 4.69) is 32.9 Å². The van der Waals surface area contributed by atoms with E-state index >= 15 is 0 Å². The maximum Gasteiger partial charge on any atom is 0.0681 e. The molecular formula is C13H21NO. The topological polar surface area (TPSA) is 35.2 Å². The van der Waals surface area contributed by atoms with Crippen LogP contribution in [-0.4, -0.2) is 13.7 Å². The van der Waals surface area contributed by atoms with Crippen molar-refractivity contribution >= 4 is 0 Å². The van der Waals surface area contributed by atoms with Crippen LogP contribution in [0.4, 0.5) is 0 Å². The molecule has 0 amide bonds. The number of nitrogens with two attached hydrogens (primary N) is 1. The van der Waals surface area contributed by atoms with Crippen LogP contribution in [0.1, 0.15) is 29.2 Å². The van der Waals surface area contributed by atoms with Crippen molar-refractivity contribution in [2.45, 2.75) is 33.2 Å². The average Bonchev–Trinajstić information content (AvgIpc) is 2.11. The van der Waals surface area contributed by atoms with Gasteiger partial charge in [-0.1, -0.05) is 12.1 Å². The fourth-order valence-electron chi connectivity index (χ4n) is 1.95. The highest BCUT2D eigenvalue weighted by molar-refractivity contribution is 5.40. The Labute approximate surface area is 92.4 Å². The molecule has 1 aromatic rings. The van der Waals surface area contributed by atoms with Crippen molar-refractivity contribution < 1.29 is 4.74 Å². The van der Waals surface area contributed by atoms with Crippen molar-refractivity contribution in [2.75, 3.05) is 13.7 Å². The van der Waals surface area contributed by atoms with Crippen molar-refractivity contribution in [3.8, 4) is 0 Å². The summed E-state index contributed by atoms with van der Waals surface area (Å²) >= 11 is 0. The van der Waals surface area contributed by atoms with E-state index in [-0.39, 0.29) is 0 Å². The van der Waals surface area contributed by atoms with Crippen molar-refractivity contribution in [3.05, 3.63) is 34.4 Å². The Balaban J connectivity index is 3.19. The minimum atomic E-state index is -0.405. The molecule has 0 radical (unpaired) electrons. The number of methoxy groups -OCH3 is 1. The van der Waals surface area contributed by atoms with Crippen LogP contribution in [0.3, 0.4) is 0 Å². The molecule has 0 aliphatic rings. The average molecular weight is 207 g/mol. The third-order valence-electron chi connectivity index (χ3n) is 2.90. The number of ether oxygens (including phenoxy) is 1. The Kier molecular flexibility index (Phi) is 3.53. The van der Waals surface area contributed by atoms with Gasteiger partial charge in [-0.3, -0.25) is 0 Å². The summed E-state index contributed by atoms with van der Waals surface area (Å²) in [6, 6.07) is 4.36. The van der Waals surface area contributed by atoms with Gasteiger partial charge in [-0.25, -0.2) is 0 Å². The summed E-state index contributed by atoms with van der Waals surface area (Å²) in [6.07, 6.45) is 0. The number of aryl methyl sites for hydroxylation is 3. The van der Waals surface area contributed by atoms with Gasteiger partial charge in [0.15, 0.2) is 0 Å². The fourth-order valence-corrected chi connectivity index (χ4v) is 1.95. The van der Waals surface area contributed by atoms with Crippen molar-refractivity contribution in [3.63, 3.8) is 0 Å². The molecule has 0 fully saturated rings. The Hall–Kier alpha value is -0.860. The first-order chi connectivity index (χ1) is 6.88. The molecule has 1 unspecified atom stereocenters. The minimum Gasteiger partial charge on any atom is -0.382 e. The number of hydrogen-bond acceptors (Lipinski definition) is 2. The maximum atomic E-state index is 6.24. The lowest BCUT2D eigenvalue weighted by Gasteiger charge is -2.27. The van der Waals surface area contributed by atoms with E-state index in [1.807, 2.05) is 6.92 Å². The lowest BCUT2D eigenvalue weighted by atomic mass is 9.87.